The number of hydrogen-bond acceptors (Lipinski definition) is 8. The Kier molecular flexibility index (Phi) is 13.4. The SMILES string of the molecule is CC(C)C[C@@H](N)C(=O)N1CCC[C@@H]1C(=O)N[C@H](CCC(=O)O)C(=O)N[C@H](CO)C(=O)N[C@@H](Cc1ccccc1)C(=O)O. The maximum Gasteiger partial charge on any atom is 0.326 e. The second kappa shape index (κ2) is 16.4. The van der Waals surface area contributed by atoms with Gasteiger partial charge in [-0.3, -0.25) is 24.0 Å². The Balaban J connectivity index is 2.11. The summed E-state index contributed by atoms with van der Waals surface area (Å²) >= 11 is 0. The molecule has 1 aliphatic rings. The molecule has 14 nitrogen and oxygen atoms in total. The van der Waals surface area contributed by atoms with Gasteiger partial charge >= 0.3 is 11.9 Å². The Morgan fingerprint density at radius 3 is 2.14 bits per heavy atom. The van der Waals surface area contributed by atoms with Gasteiger partial charge in [-0.05, 0) is 37.2 Å². The normalized spacial score (nSPS) is 17.5. The van der Waals surface area contributed by atoms with Crippen LogP contribution in [0.3, 0.4) is 0 Å². The van der Waals surface area contributed by atoms with E-state index in [1.165, 1.54) is 4.90 Å². The van der Waals surface area contributed by atoms with E-state index in [-0.39, 0.29) is 18.8 Å². The number of nitrogens with two attached hydrogens (primary N) is 1. The number of carboxylic acid groups (broad SMARTS) is 2. The third kappa shape index (κ3) is 10.4. The highest BCUT2D eigenvalue weighted by Crippen LogP contribution is 2.20. The molecule has 1 fully saturated rings. The minimum Gasteiger partial charge on any atom is -0.481 e. The lowest BCUT2D eigenvalue weighted by molar-refractivity contribution is -0.142. The number of carbonyl (C=O) groups excluding carboxylic acids is 4. The number of aliphatic hydroxyl groups is 1. The maximum atomic E-state index is 13.2. The van der Waals surface area contributed by atoms with Crippen molar-refractivity contribution in [3.05, 3.63) is 35.9 Å². The monoisotopic (exact) mass is 591 g/mol. The lowest BCUT2D eigenvalue weighted by Crippen LogP contribution is -2.59. The van der Waals surface area contributed by atoms with Gasteiger partial charge in [0.05, 0.1) is 12.6 Å². The number of nitrogens with zero attached hydrogens (tertiary/aromatic N) is 1. The highest BCUT2D eigenvalue weighted by molar-refractivity contribution is 5.95. The van der Waals surface area contributed by atoms with E-state index in [0.717, 1.165) is 0 Å². The van der Waals surface area contributed by atoms with Crippen molar-refractivity contribution in [1.29, 1.82) is 0 Å². The van der Waals surface area contributed by atoms with E-state index in [1.54, 1.807) is 30.3 Å². The average molecular weight is 592 g/mol. The number of carboxylic acids is 2. The van der Waals surface area contributed by atoms with Gasteiger partial charge in [0.1, 0.15) is 24.2 Å². The van der Waals surface area contributed by atoms with Crippen LogP contribution in [0.4, 0.5) is 0 Å². The van der Waals surface area contributed by atoms with Crippen LogP contribution in [0, 0.1) is 5.92 Å². The number of nitrogens with one attached hydrogen (secondary N) is 3. The Labute approximate surface area is 244 Å². The molecule has 1 aliphatic heterocycles. The summed E-state index contributed by atoms with van der Waals surface area (Å²) in [6.07, 6.45) is 0.378. The first-order valence-electron chi connectivity index (χ1n) is 13.9. The fourth-order valence-electron chi connectivity index (χ4n) is 4.72. The van der Waals surface area contributed by atoms with E-state index in [4.69, 9.17) is 10.8 Å². The van der Waals surface area contributed by atoms with Crippen LogP contribution in [0.5, 0.6) is 0 Å². The van der Waals surface area contributed by atoms with Crippen molar-refractivity contribution in [2.45, 2.75) is 82.6 Å². The summed E-state index contributed by atoms with van der Waals surface area (Å²) in [6.45, 7) is 3.23. The van der Waals surface area contributed by atoms with Crippen molar-refractivity contribution in [3.63, 3.8) is 0 Å². The van der Waals surface area contributed by atoms with Crippen molar-refractivity contribution in [2.24, 2.45) is 11.7 Å². The van der Waals surface area contributed by atoms with Gasteiger partial charge in [0.25, 0.3) is 0 Å². The lowest BCUT2D eigenvalue weighted by atomic mass is 10.0. The van der Waals surface area contributed by atoms with Crippen molar-refractivity contribution < 1.29 is 44.1 Å². The van der Waals surface area contributed by atoms with E-state index < -0.39 is 78.8 Å². The van der Waals surface area contributed by atoms with Gasteiger partial charge in [0.2, 0.25) is 23.6 Å². The molecule has 14 heteroatoms. The molecule has 42 heavy (non-hydrogen) atoms. The molecule has 0 saturated carbocycles. The minimum absolute atomic E-state index is 0.0528. The van der Waals surface area contributed by atoms with Crippen LogP contribution in [-0.4, -0.2) is 99.1 Å². The van der Waals surface area contributed by atoms with Gasteiger partial charge in [-0.15, -0.1) is 0 Å². The molecule has 8 N–H and O–H groups in total. The van der Waals surface area contributed by atoms with Crippen molar-refractivity contribution in [2.75, 3.05) is 13.2 Å². The number of aliphatic carboxylic acids is 2. The highest BCUT2D eigenvalue weighted by atomic mass is 16.4. The van der Waals surface area contributed by atoms with Crippen LogP contribution in [0.2, 0.25) is 0 Å². The summed E-state index contributed by atoms with van der Waals surface area (Å²) in [5.41, 5.74) is 6.67. The first-order valence-corrected chi connectivity index (χ1v) is 13.9. The topological polar surface area (TPSA) is 228 Å². The molecule has 0 aliphatic carbocycles. The lowest BCUT2D eigenvalue weighted by Gasteiger charge is -2.29. The van der Waals surface area contributed by atoms with Gasteiger partial charge in [-0.2, -0.15) is 0 Å². The van der Waals surface area contributed by atoms with Gasteiger partial charge < -0.3 is 41.9 Å². The maximum absolute atomic E-state index is 13.2. The average Bonchev–Trinajstić information content (AvgIpc) is 3.43. The van der Waals surface area contributed by atoms with Crippen LogP contribution in [-0.2, 0) is 35.2 Å². The molecule has 0 unspecified atom stereocenters. The number of benzene rings is 1. The van der Waals surface area contributed by atoms with E-state index >= 15 is 0 Å². The summed E-state index contributed by atoms with van der Waals surface area (Å²) in [5, 5.41) is 35.5. The summed E-state index contributed by atoms with van der Waals surface area (Å²) in [5.74, 6) is -5.42. The Morgan fingerprint density at radius 1 is 0.952 bits per heavy atom. The second-order valence-corrected chi connectivity index (χ2v) is 10.8. The Morgan fingerprint density at radius 2 is 1.57 bits per heavy atom. The predicted octanol–water partition coefficient (Wildman–Crippen LogP) is -1.01. The van der Waals surface area contributed by atoms with Crippen LogP contribution < -0.4 is 21.7 Å². The zero-order valence-corrected chi connectivity index (χ0v) is 23.8. The van der Waals surface area contributed by atoms with Crippen molar-refractivity contribution >= 4 is 35.6 Å². The van der Waals surface area contributed by atoms with Gasteiger partial charge in [-0.1, -0.05) is 44.2 Å². The Bertz CT molecular complexity index is 1110. The number of likely N-dealkylation sites (tertiary alicyclic amines) is 1. The molecule has 232 valence electrons. The molecule has 0 spiro atoms. The van der Waals surface area contributed by atoms with Gasteiger partial charge in [-0.25, -0.2) is 4.79 Å². The zero-order chi connectivity index (χ0) is 31.4. The summed E-state index contributed by atoms with van der Waals surface area (Å²) in [6, 6.07) is 2.44. The molecule has 2 rings (SSSR count). The molecule has 0 aromatic heterocycles. The molecule has 1 aromatic rings. The quantitative estimate of drug-likeness (QED) is 0.124. The van der Waals surface area contributed by atoms with E-state index in [2.05, 4.69) is 16.0 Å². The number of carbonyl (C=O) groups is 6. The molecular formula is C28H41N5O9. The molecule has 1 aromatic carbocycles. The first-order chi connectivity index (χ1) is 19.8. The van der Waals surface area contributed by atoms with Crippen LogP contribution in [0.25, 0.3) is 0 Å². The van der Waals surface area contributed by atoms with E-state index in [9.17, 15) is 39.0 Å². The molecule has 1 saturated heterocycles. The number of hydrogen-bond donors (Lipinski definition) is 7. The van der Waals surface area contributed by atoms with Crippen LogP contribution in [0.1, 0.15) is 51.5 Å². The van der Waals surface area contributed by atoms with E-state index in [1.807, 2.05) is 13.8 Å². The number of rotatable bonds is 16. The van der Waals surface area contributed by atoms with Crippen LogP contribution in [0.15, 0.2) is 30.3 Å². The molecule has 4 amide bonds. The summed E-state index contributed by atoms with van der Waals surface area (Å²) in [4.78, 5) is 76.3. The van der Waals surface area contributed by atoms with Gasteiger partial charge in [0.15, 0.2) is 0 Å². The molecular weight excluding hydrogens is 550 g/mol. The Hall–Kier alpha value is -4.04. The highest BCUT2D eigenvalue weighted by Gasteiger charge is 2.38. The zero-order valence-electron chi connectivity index (χ0n) is 23.8. The molecule has 5 atom stereocenters. The third-order valence-electron chi connectivity index (χ3n) is 6.87. The molecule has 0 radical (unpaired) electrons. The largest absolute Gasteiger partial charge is 0.481 e. The molecule has 1 heterocycles. The number of aliphatic hydroxyl groups excluding tert-OH is 1. The fraction of sp³-hybridized carbons (Fsp3) is 0.571. The third-order valence-corrected chi connectivity index (χ3v) is 6.87. The van der Waals surface area contributed by atoms with Crippen molar-refractivity contribution in [3.8, 4) is 0 Å². The summed E-state index contributed by atoms with van der Waals surface area (Å²) in [7, 11) is 0. The fourth-order valence-corrected chi connectivity index (χ4v) is 4.72. The van der Waals surface area contributed by atoms with E-state index in [0.29, 0.717) is 31.4 Å². The van der Waals surface area contributed by atoms with Crippen LogP contribution >= 0.6 is 0 Å². The standard InChI is InChI=1S/C28H41N5O9/c1-16(2)13-18(29)27(40)33-12-6-9-22(33)26(39)30-19(10-11-23(35)36)24(37)32-21(15-34)25(38)31-20(28(41)42)14-17-7-4-3-5-8-17/h3-5,7-8,16,18-22,34H,6,9-15,29H2,1-2H3,(H,30,39)(H,31,38)(H,32,37)(H,35,36)(H,41,42)/t18-,19-,20+,21-,22-/m1/s1. The summed E-state index contributed by atoms with van der Waals surface area (Å²) < 4.78 is 0. The number of amides is 4. The smallest absolute Gasteiger partial charge is 0.326 e. The predicted molar refractivity (Wildman–Crippen MR) is 150 cm³/mol. The van der Waals surface area contributed by atoms with Gasteiger partial charge in [0, 0.05) is 19.4 Å². The minimum atomic E-state index is -1.59. The first kappa shape index (κ1) is 34.2. The van der Waals surface area contributed by atoms with Crippen molar-refractivity contribution in [1.82, 2.24) is 20.9 Å². The molecule has 0 bridgehead atoms. The second-order valence-electron chi connectivity index (χ2n) is 10.8.